The number of hydrogen-bond donors (Lipinski definition) is 1. The molecule has 2 heterocycles. The van der Waals surface area contributed by atoms with E-state index >= 15 is 0 Å². The molecule has 24 heavy (non-hydrogen) atoms. The molecule has 1 amide bonds. The van der Waals surface area contributed by atoms with Crippen LogP contribution in [0.4, 0.5) is 0 Å². The van der Waals surface area contributed by atoms with Crippen molar-refractivity contribution in [3.8, 4) is 11.1 Å². The van der Waals surface area contributed by atoms with Gasteiger partial charge in [0, 0.05) is 41.5 Å². The maximum atomic E-state index is 12.2. The Bertz CT molecular complexity index is 687. The number of carbonyl (C=O) groups is 1. The zero-order valence-electron chi connectivity index (χ0n) is 15.3. The highest BCUT2D eigenvalue weighted by atomic mass is 16.1. The van der Waals surface area contributed by atoms with E-state index in [0.29, 0.717) is 11.5 Å². The lowest BCUT2D eigenvalue weighted by molar-refractivity contribution is 0.1000. The van der Waals surface area contributed by atoms with Crippen LogP contribution in [0.1, 0.15) is 61.8 Å². The summed E-state index contributed by atoms with van der Waals surface area (Å²) in [7, 11) is 0. The SMILES string of the molecule is CCCCc1c(-c2cccnc2)c(C(N)=O)c(C)n1CCC(C)C. The predicted octanol–water partition coefficient (Wildman–Crippen LogP) is 4.35. The van der Waals surface area contributed by atoms with Crippen molar-refractivity contribution in [3.63, 3.8) is 0 Å². The first-order valence-electron chi connectivity index (χ1n) is 8.89. The summed E-state index contributed by atoms with van der Waals surface area (Å²) in [6.07, 6.45) is 7.82. The number of nitrogens with zero attached hydrogens (tertiary/aromatic N) is 2. The van der Waals surface area contributed by atoms with Gasteiger partial charge in [0.2, 0.25) is 0 Å². The summed E-state index contributed by atoms with van der Waals surface area (Å²) in [6.45, 7) is 9.56. The molecule has 0 spiro atoms. The van der Waals surface area contributed by atoms with E-state index in [9.17, 15) is 4.79 Å². The van der Waals surface area contributed by atoms with Crippen molar-refractivity contribution in [3.05, 3.63) is 41.5 Å². The Morgan fingerprint density at radius 3 is 2.67 bits per heavy atom. The van der Waals surface area contributed by atoms with Gasteiger partial charge in [-0.05, 0) is 38.2 Å². The summed E-state index contributed by atoms with van der Waals surface area (Å²) in [6, 6.07) is 3.92. The fourth-order valence-corrected chi connectivity index (χ4v) is 3.21. The quantitative estimate of drug-likeness (QED) is 0.783. The highest BCUT2D eigenvalue weighted by Crippen LogP contribution is 2.33. The van der Waals surface area contributed by atoms with Crippen LogP contribution in [0.2, 0.25) is 0 Å². The Hall–Kier alpha value is -2.10. The van der Waals surface area contributed by atoms with Crippen molar-refractivity contribution in [2.24, 2.45) is 11.7 Å². The number of aromatic nitrogens is 2. The molecular formula is C20H29N3O. The number of hydrogen-bond acceptors (Lipinski definition) is 2. The second kappa shape index (κ2) is 8.13. The van der Waals surface area contributed by atoms with Crippen molar-refractivity contribution in [1.82, 2.24) is 9.55 Å². The smallest absolute Gasteiger partial charge is 0.251 e. The van der Waals surface area contributed by atoms with E-state index in [1.165, 1.54) is 5.69 Å². The van der Waals surface area contributed by atoms with Gasteiger partial charge in [-0.3, -0.25) is 9.78 Å². The molecule has 0 saturated heterocycles. The van der Waals surface area contributed by atoms with Crippen LogP contribution in [0.5, 0.6) is 0 Å². The molecule has 2 aromatic rings. The molecule has 130 valence electrons. The summed E-state index contributed by atoms with van der Waals surface area (Å²) in [5.74, 6) is 0.261. The van der Waals surface area contributed by atoms with Gasteiger partial charge in [-0.2, -0.15) is 0 Å². The van der Waals surface area contributed by atoms with Gasteiger partial charge >= 0.3 is 0 Å². The van der Waals surface area contributed by atoms with E-state index in [1.54, 1.807) is 6.20 Å². The standard InChI is InChI=1S/C20H29N3O/c1-5-6-9-17-19(16-8-7-11-22-13-16)18(20(21)24)15(4)23(17)12-10-14(2)3/h7-8,11,13-14H,5-6,9-10,12H2,1-4H3,(H2,21,24). The molecule has 0 fully saturated rings. The Labute approximate surface area is 145 Å². The molecule has 0 saturated carbocycles. The van der Waals surface area contributed by atoms with Crippen molar-refractivity contribution in [1.29, 1.82) is 0 Å². The summed E-state index contributed by atoms with van der Waals surface area (Å²) in [5, 5.41) is 0. The van der Waals surface area contributed by atoms with Crippen molar-refractivity contribution < 1.29 is 4.79 Å². The van der Waals surface area contributed by atoms with Crippen LogP contribution >= 0.6 is 0 Å². The first-order chi connectivity index (χ1) is 11.5. The highest BCUT2D eigenvalue weighted by molar-refractivity contribution is 6.02. The molecule has 0 aliphatic rings. The van der Waals surface area contributed by atoms with Crippen LogP contribution in [0, 0.1) is 12.8 Å². The fourth-order valence-electron chi connectivity index (χ4n) is 3.21. The van der Waals surface area contributed by atoms with Gasteiger partial charge < -0.3 is 10.3 Å². The fraction of sp³-hybridized carbons (Fsp3) is 0.500. The molecule has 0 bridgehead atoms. The van der Waals surface area contributed by atoms with Gasteiger partial charge in [0.25, 0.3) is 5.91 Å². The Morgan fingerprint density at radius 2 is 2.12 bits per heavy atom. The van der Waals surface area contributed by atoms with E-state index in [4.69, 9.17) is 5.73 Å². The predicted molar refractivity (Wildman–Crippen MR) is 99.0 cm³/mol. The van der Waals surface area contributed by atoms with Crippen molar-refractivity contribution >= 4 is 5.91 Å². The van der Waals surface area contributed by atoms with Gasteiger partial charge in [0.1, 0.15) is 0 Å². The molecule has 0 atom stereocenters. The van der Waals surface area contributed by atoms with E-state index in [1.807, 2.05) is 25.3 Å². The second-order valence-corrected chi connectivity index (χ2v) is 6.83. The molecule has 0 aliphatic heterocycles. The van der Waals surface area contributed by atoms with E-state index in [0.717, 1.165) is 49.0 Å². The normalized spacial score (nSPS) is 11.2. The van der Waals surface area contributed by atoms with Crippen LogP contribution in [-0.2, 0) is 13.0 Å². The van der Waals surface area contributed by atoms with Crippen LogP contribution in [0.15, 0.2) is 24.5 Å². The summed E-state index contributed by atoms with van der Waals surface area (Å²) < 4.78 is 2.30. The number of carbonyl (C=O) groups excluding carboxylic acids is 1. The van der Waals surface area contributed by atoms with Crippen LogP contribution in [0.25, 0.3) is 11.1 Å². The number of rotatable bonds is 8. The monoisotopic (exact) mass is 327 g/mol. The molecule has 2 aromatic heterocycles. The number of pyridine rings is 1. The second-order valence-electron chi connectivity index (χ2n) is 6.83. The Kier molecular flexibility index (Phi) is 6.18. The third kappa shape index (κ3) is 3.86. The number of unbranched alkanes of at least 4 members (excludes halogenated alkanes) is 1. The topological polar surface area (TPSA) is 60.9 Å². The molecule has 2 rings (SSSR count). The highest BCUT2D eigenvalue weighted by Gasteiger charge is 2.24. The minimum absolute atomic E-state index is 0.354. The Balaban J connectivity index is 2.64. The van der Waals surface area contributed by atoms with Gasteiger partial charge in [-0.25, -0.2) is 0 Å². The third-order valence-electron chi connectivity index (χ3n) is 4.52. The maximum Gasteiger partial charge on any atom is 0.251 e. The van der Waals surface area contributed by atoms with Crippen LogP contribution in [-0.4, -0.2) is 15.5 Å². The van der Waals surface area contributed by atoms with Crippen molar-refractivity contribution in [2.75, 3.05) is 0 Å². The molecule has 0 unspecified atom stereocenters. The van der Waals surface area contributed by atoms with E-state index in [-0.39, 0.29) is 5.91 Å². The maximum absolute atomic E-state index is 12.2. The van der Waals surface area contributed by atoms with Gasteiger partial charge in [0.05, 0.1) is 5.56 Å². The zero-order valence-corrected chi connectivity index (χ0v) is 15.3. The zero-order chi connectivity index (χ0) is 17.7. The van der Waals surface area contributed by atoms with Gasteiger partial charge in [0.15, 0.2) is 0 Å². The first-order valence-corrected chi connectivity index (χ1v) is 8.89. The van der Waals surface area contributed by atoms with Crippen LogP contribution < -0.4 is 5.73 Å². The van der Waals surface area contributed by atoms with Gasteiger partial charge in [-0.1, -0.05) is 33.3 Å². The number of nitrogens with two attached hydrogens (primary N) is 1. The summed E-state index contributed by atoms with van der Waals surface area (Å²) in [4.78, 5) is 16.4. The minimum Gasteiger partial charge on any atom is -0.366 e. The van der Waals surface area contributed by atoms with Crippen LogP contribution in [0.3, 0.4) is 0 Å². The third-order valence-corrected chi connectivity index (χ3v) is 4.52. The largest absolute Gasteiger partial charge is 0.366 e. The van der Waals surface area contributed by atoms with E-state index in [2.05, 4.69) is 30.3 Å². The molecular weight excluding hydrogens is 298 g/mol. The van der Waals surface area contributed by atoms with E-state index < -0.39 is 0 Å². The Morgan fingerprint density at radius 1 is 1.38 bits per heavy atom. The molecule has 0 aliphatic carbocycles. The summed E-state index contributed by atoms with van der Waals surface area (Å²) >= 11 is 0. The molecule has 4 heteroatoms. The lowest BCUT2D eigenvalue weighted by Gasteiger charge is -2.14. The number of amides is 1. The average molecular weight is 327 g/mol. The average Bonchev–Trinajstić information content (AvgIpc) is 2.83. The molecule has 0 aromatic carbocycles. The minimum atomic E-state index is -0.354. The van der Waals surface area contributed by atoms with Gasteiger partial charge in [-0.15, -0.1) is 0 Å². The lowest BCUT2D eigenvalue weighted by Crippen LogP contribution is -2.13. The molecule has 2 N–H and O–H groups in total. The number of primary amides is 1. The molecule has 0 radical (unpaired) electrons. The molecule has 4 nitrogen and oxygen atoms in total. The van der Waals surface area contributed by atoms with Crippen molar-refractivity contribution in [2.45, 2.75) is 59.9 Å². The lowest BCUT2D eigenvalue weighted by atomic mass is 9.99. The summed E-state index contributed by atoms with van der Waals surface area (Å²) in [5.41, 5.74) is 10.5. The first kappa shape index (κ1) is 18.2.